The first kappa shape index (κ1) is 9.45. The molecule has 14 heavy (non-hydrogen) atoms. The van der Waals surface area contributed by atoms with E-state index in [1.165, 1.54) is 0 Å². The number of anilines is 1. The summed E-state index contributed by atoms with van der Waals surface area (Å²) in [5, 5.41) is 7.82. The molecule has 0 radical (unpaired) electrons. The topological polar surface area (TPSA) is 60.0 Å². The summed E-state index contributed by atoms with van der Waals surface area (Å²) in [4.78, 5) is 2.46. The van der Waals surface area contributed by atoms with E-state index in [9.17, 15) is 0 Å². The van der Waals surface area contributed by atoms with Crippen LogP contribution in [0.5, 0.6) is 0 Å². The molecule has 2 rings (SSSR count). The lowest BCUT2D eigenvalue weighted by atomic mass is 10.1. The van der Waals surface area contributed by atoms with Crippen LogP contribution in [0.2, 0.25) is 0 Å². The molecule has 1 saturated heterocycles. The van der Waals surface area contributed by atoms with Crippen LogP contribution < -0.4 is 5.73 Å². The maximum atomic E-state index is 5.53. The fourth-order valence-electron chi connectivity index (χ4n) is 1.97. The highest BCUT2D eigenvalue weighted by molar-refractivity contribution is 5.20. The maximum absolute atomic E-state index is 5.53. The van der Waals surface area contributed by atoms with E-state index in [4.69, 9.17) is 5.73 Å². The zero-order chi connectivity index (χ0) is 9.97. The molecule has 0 amide bonds. The van der Waals surface area contributed by atoms with E-state index < -0.39 is 0 Å². The Morgan fingerprint density at radius 3 is 2.71 bits per heavy atom. The molecule has 78 valence electrons. The second-order valence-corrected chi connectivity index (χ2v) is 3.79. The monoisotopic (exact) mass is 195 g/mol. The van der Waals surface area contributed by atoms with Crippen LogP contribution in [0.3, 0.4) is 0 Å². The quantitative estimate of drug-likeness (QED) is 0.747. The van der Waals surface area contributed by atoms with Gasteiger partial charge in [0.05, 0.1) is 12.2 Å². The Bertz CT molecular complexity index is 287. The average Bonchev–Trinajstić information content (AvgIpc) is 2.65. The van der Waals surface area contributed by atoms with Crippen molar-refractivity contribution >= 4 is 5.82 Å². The minimum Gasteiger partial charge on any atom is -0.381 e. The van der Waals surface area contributed by atoms with E-state index in [1.54, 1.807) is 0 Å². The molecule has 1 aromatic heterocycles. The Balaban J connectivity index is 1.95. The Morgan fingerprint density at radius 1 is 1.50 bits per heavy atom. The second-order valence-electron chi connectivity index (χ2n) is 3.79. The second kappa shape index (κ2) is 3.96. The Kier molecular flexibility index (Phi) is 2.67. The summed E-state index contributed by atoms with van der Waals surface area (Å²) in [6.45, 7) is 5.65. The van der Waals surface area contributed by atoms with E-state index in [2.05, 4.69) is 22.1 Å². The summed E-state index contributed by atoms with van der Waals surface area (Å²) in [7, 11) is 0. The molecule has 1 fully saturated rings. The van der Waals surface area contributed by atoms with Crippen LogP contribution in [-0.4, -0.2) is 39.5 Å². The third-order valence-electron chi connectivity index (χ3n) is 2.91. The van der Waals surface area contributed by atoms with Crippen LogP contribution >= 0.6 is 0 Å². The van der Waals surface area contributed by atoms with Gasteiger partial charge in [0.1, 0.15) is 0 Å². The van der Waals surface area contributed by atoms with Crippen molar-refractivity contribution < 1.29 is 0 Å². The molecule has 2 heterocycles. The van der Waals surface area contributed by atoms with Gasteiger partial charge in [0.15, 0.2) is 5.82 Å². The Labute approximate surface area is 83.9 Å². The van der Waals surface area contributed by atoms with Crippen molar-refractivity contribution in [1.29, 1.82) is 0 Å². The molecule has 2 N–H and O–H groups in total. The summed E-state index contributed by atoms with van der Waals surface area (Å²) in [5.41, 5.74) is 5.53. The number of likely N-dealkylation sites (tertiary alicyclic amines) is 1. The van der Waals surface area contributed by atoms with Gasteiger partial charge < -0.3 is 10.6 Å². The van der Waals surface area contributed by atoms with E-state index in [1.807, 2.05) is 10.9 Å². The van der Waals surface area contributed by atoms with Crippen LogP contribution in [-0.2, 0) is 0 Å². The fourth-order valence-corrected chi connectivity index (χ4v) is 1.97. The van der Waals surface area contributed by atoms with Crippen LogP contribution in [0, 0.1) is 0 Å². The van der Waals surface area contributed by atoms with Gasteiger partial charge in [0.2, 0.25) is 0 Å². The van der Waals surface area contributed by atoms with Gasteiger partial charge in [0, 0.05) is 13.1 Å². The summed E-state index contributed by atoms with van der Waals surface area (Å²) >= 11 is 0. The molecule has 1 aliphatic rings. The number of piperidine rings is 1. The zero-order valence-electron chi connectivity index (χ0n) is 8.56. The number of aromatic nitrogens is 3. The van der Waals surface area contributed by atoms with Crippen LogP contribution in [0.1, 0.15) is 25.8 Å². The first-order valence-corrected chi connectivity index (χ1v) is 5.19. The molecule has 0 bridgehead atoms. The Hall–Kier alpha value is -1.10. The first-order valence-electron chi connectivity index (χ1n) is 5.19. The molecule has 0 aromatic carbocycles. The van der Waals surface area contributed by atoms with Crippen LogP contribution in [0.4, 0.5) is 5.82 Å². The van der Waals surface area contributed by atoms with Gasteiger partial charge in [-0.1, -0.05) is 12.1 Å². The highest BCUT2D eigenvalue weighted by Gasteiger charge is 2.20. The van der Waals surface area contributed by atoms with Crippen molar-refractivity contribution in [3.8, 4) is 0 Å². The van der Waals surface area contributed by atoms with Crippen molar-refractivity contribution in [2.24, 2.45) is 0 Å². The number of rotatable bonds is 2. The third-order valence-corrected chi connectivity index (χ3v) is 2.91. The van der Waals surface area contributed by atoms with E-state index in [0.717, 1.165) is 32.5 Å². The molecule has 5 heteroatoms. The lowest BCUT2D eigenvalue weighted by Gasteiger charge is -2.30. The van der Waals surface area contributed by atoms with Crippen LogP contribution in [0.25, 0.3) is 0 Å². The van der Waals surface area contributed by atoms with Gasteiger partial charge in [-0.05, 0) is 19.4 Å². The van der Waals surface area contributed by atoms with Gasteiger partial charge in [-0.2, -0.15) is 0 Å². The van der Waals surface area contributed by atoms with E-state index >= 15 is 0 Å². The number of hydrogen-bond donors (Lipinski definition) is 1. The predicted octanol–water partition coefficient (Wildman–Crippen LogP) is 0.517. The van der Waals surface area contributed by atoms with Gasteiger partial charge in [-0.25, -0.2) is 4.68 Å². The fraction of sp³-hybridized carbons (Fsp3) is 0.778. The third kappa shape index (κ3) is 1.87. The van der Waals surface area contributed by atoms with Crippen molar-refractivity contribution in [2.75, 3.05) is 25.4 Å². The van der Waals surface area contributed by atoms with E-state index in [0.29, 0.717) is 11.9 Å². The zero-order valence-corrected chi connectivity index (χ0v) is 8.56. The average molecular weight is 195 g/mol. The first-order chi connectivity index (χ1) is 6.79. The lowest BCUT2D eigenvalue weighted by molar-refractivity contribution is 0.186. The summed E-state index contributed by atoms with van der Waals surface area (Å²) in [6.07, 6.45) is 4.12. The maximum Gasteiger partial charge on any atom is 0.165 e. The summed E-state index contributed by atoms with van der Waals surface area (Å²) in [5.74, 6) is 0.517. The molecule has 5 nitrogen and oxygen atoms in total. The minimum atomic E-state index is 0.489. The number of nitrogen functional groups attached to an aromatic ring is 1. The highest BCUT2D eigenvalue weighted by atomic mass is 15.4. The summed E-state index contributed by atoms with van der Waals surface area (Å²) < 4.78 is 1.91. The standard InChI is InChI=1S/C9H17N5/c1-2-13-5-3-8(4-6-13)14-7-9(10)11-12-14/h7-8H,2-6,10H2,1H3. The smallest absolute Gasteiger partial charge is 0.165 e. The lowest BCUT2D eigenvalue weighted by Crippen LogP contribution is -2.34. The molecule has 1 aromatic rings. The number of hydrogen-bond acceptors (Lipinski definition) is 4. The molecule has 0 spiro atoms. The number of nitrogens with two attached hydrogens (primary N) is 1. The van der Waals surface area contributed by atoms with Gasteiger partial charge in [0.25, 0.3) is 0 Å². The highest BCUT2D eigenvalue weighted by Crippen LogP contribution is 2.21. The van der Waals surface area contributed by atoms with Crippen molar-refractivity contribution in [1.82, 2.24) is 19.9 Å². The molecule has 0 aliphatic carbocycles. The summed E-state index contributed by atoms with van der Waals surface area (Å²) in [6, 6.07) is 0.489. The van der Waals surface area contributed by atoms with Gasteiger partial charge >= 0.3 is 0 Å². The van der Waals surface area contributed by atoms with Crippen molar-refractivity contribution in [3.63, 3.8) is 0 Å². The molecular formula is C9H17N5. The molecule has 0 saturated carbocycles. The van der Waals surface area contributed by atoms with Crippen molar-refractivity contribution in [2.45, 2.75) is 25.8 Å². The predicted molar refractivity (Wildman–Crippen MR) is 54.8 cm³/mol. The minimum absolute atomic E-state index is 0.489. The van der Waals surface area contributed by atoms with Crippen LogP contribution in [0.15, 0.2) is 6.20 Å². The van der Waals surface area contributed by atoms with Crippen molar-refractivity contribution in [3.05, 3.63) is 6.20 Å². The van der Waals surface area contributed by atoms with Gasteiger partial charge in [-0.3, -0.25) is 0 Å². The molecule has 1 aliphatic heterocycles. The Morgan fingerprint density at radius 2 is 2.21 bits per heavy atom. The number of nitrogens with zero attached hydrogens (tertiary/aromatic N) is 4. The normalized spacial score (nSPS) is 20.1. The van der Waals surface area contributed by atoms with Gasteiger partial charge in [-0.15, -0.1) is 5.10 Å². The molecule has 0 atom stereocenters. The molecule has 0 unspecified atom stereocenters. The molecular weight excluding hydrogens is 178 g/mol. The largest absolute Gasteiger partial charge is 0.381 e. The van der Waals surface area contributed by atoms with E-state index in [-0.39, 0.29) is 0 Å². The SMILES string of the molecule is CCN1CCC(n2cc(N)nn2)CC1.